The zero-order chi connectivity index (χ0) is 18.6. The molecule has 0 heterocycles. The Morgan fingerprint density at radius 1 is 1.04 bits per heavy atom. The van der Waals surface area contributed by atoms with Crippen LogP contribution >= 0.6 is 0 Å². The van der Waals surface area contributed by atoms with E-state index in [1.807, 2.05) is 0 Å². The van der Waals surface area contributed by atoms with Gasteiger partial charge in [0.2, 0.25) is 0 Å². The van der Waals surface area contributed by atoms with E-state index >= 15 is 0 Å². The molecular formula is C18H15F2NO4. The minimum absolute atomic E-state index is 0.175. The highest BCUT2D eigenvalue weighted by Gasteiger charge is 2.24. The van der Waals surface area contributed by atoms with E-state index in [0.29, 0.717) is 11.3 Å². The number of carbonyl (C=O) groups excluding carboxylic acids is 3. The molecule has 25 heavy (non-hydrogen) atoms. The number of ether oxygens (including phenoxy) is 1. The molecule has 1 amide bonds. The third-order valence-corrected chi connectivity index (χ3v) is 3.36. The fraction of sp³-hybridized carbons (Fsp3) is 0.167. The second-order valence-electron chi connectivity index (χ2n) is 5.27. The van der Waals surface area contributed by atoms with Crippen LogP contribution in [0.25, 0.3) is 0 Å². The maximum atomic E-state index is 13.5. The average molecular weight is 347 g/mol. The maximum Gasteiger partial charge on any atom is 0.344 e. The Labute approximate surface area is 142 Å². The van der Waals surface area contributed by atoms with E-state index in [9.17, 15) is 23.2 Å². The van der Waals surface area contributed by atoms with Crippen LogP contribution < -0.4 is 5.32 Å². The molecule has 0 saturated heterocycles. The second kappa shape index (κ2) is 7.65. The first kappa shape index (κ1) is 18.3. The highest BCUT2D eigenvalue weighted by atomic mass is 19.1. The molecule has 0 radical (unpaired) electrons. The minimum atomic E-state index is -1.30. The van der Waals surface area contributed by atoms with Crippen LogP contribution in [0.1, 0.15) is 34.6 Å². The largest absolute Gasteiger partial charge is 0.449 e. The zero-order valence-corrected chi connectivity index (χ0v) is 13.5. The SMILES string of the molecule is CC(=O)c1cccc(NC(=O)[C@@H](C)OC(=O)c2c(F)cccc2F)c1. The molecule has 5 nitrogen and oxygen atoms in total. The van der Waals surface area contributed by atoms with Crippen molar-refractivity contribution in [3.8, 4) is 0 Å². The van der Waals surface area contributed by atoms with Gasteiger partial charge in [-0.25, -0.2) is 13.6 Å². The van der Waals surface area contributed by atoms with Gasteiger partial charge in [0.25, 0.3) is 5.91 Å². The highest BCUT2D eigenvalue weighted by molar-refractivity contribution is 5.99. The molecule has 0 bridgehead atoms. The van der Waals surface area contributed by atoms with E-state index in [4.69, 9.17) is 4.74 Å². The molecule has 1 N–H and O–H groups in total. The van der Waals surface area contributed by atoms with Crippen LogP contribution in [0.4, 0.5) is 14.5 Å². The summed E-state index contributed by atoms with van der Waals surface area (Å²) in [7, 11) is 0. The Bertz CT molecular complexity index is 815. The summed E-state index contributed by atoms with van der Waals surface area (Å²) >= 11 is 0. The summed E-state index contributed by atoms with van der Waals surface area (Å²) in [6, 6.07) is 9.12. The lowest BCUT2D eigenvalue weighted by Gasteiger charge is -2.14. The Balaban J connectivity index is 2.06. The van der Waals surface area contributed by atoms with Gasteiger partial charge in [0.05, 0.1) is 0 Å². The molecule has 0 aromatic heterocycles. The molecular weight excluding hydrogens is 332 g/mol. The lowest BCUT2D eigenvalue weighted by atomic mass is 10.1. The second-order valence-corrected chi connectivity index (χ2v) is 5.27. The van der Waals surface area contributed by atoms with Crippen LogP contribution in [0, 0.1) is 11.6 Å². The molecule has 0 spiro atoms. The van der Waals surface area contributed by atoms with Crippen molar-refractivity contribution in [2.75, 3.05) is 5.32 Å². The van der Waals surface area contributed by atoms with Gasteiger partial charge >= 0.3 is 5.97 Å². The van der Waals surface area contributed by atoms with Crippen molar-refractivity contribution in [3.05, 3.63) is 65.2 Å². The average Bonchev–Trinajstić information content (AvgIpc) is 2.54. The molecule has 130 valence electrons. The van der Waals surface area contributed by atoms with Crippen LogP contribution in [0.2, 0.25) is 0 Å². The number of esters is 1. The number of anilines is 1. The van der Waals surface area contributed by atoms with Gasteiger partial charge in [-0.3, -0.25) is 9.59 Å². The fourth-order valence-electron chi connectivity index (χ4n) is 2.03. The van der Waals surface area contributed by atoms with Crippen molar-refractivity contribution in [1.82, 2.24) is 0 Å². The summed E-state index contributed by atoms with van der Waals surface area (Å²) in [4.78, 5) is 35.3. The molecule has 0 aliphatic heterocycles. The summed E-state index contributed by atoms with van der Waals surface area (Å²) < 4.78 is 31.9. The summed E-state index contributed by atoms with van der Waals surface area (Å²) in [5.74, 6) is -4.31. The Morgan fingerprint density at radius 2 is 1.64 bits per heavy atom. The van der Waals surface area contributed by atoms with Crippen molar-refractivity contribution < 1.29 is 27.9 Å². The van der Waals surface area contributed by atoms with Crippen LogP contribution in [0.15, 0.2) is 42.5 Å². The van der Waals surface area contributed by atoms with Crippen LogP contribution in [-0.2, 0) is 9.53 Å². The van der Waals surface area contributed by atoms with E-state index in [1.54, 1.807) is 18.2 Å². The van der Waals surface area contributed by atoms with Gasteiger partial charge in [0.15, 0.2) is 11.9 Å². The number of benzene rings is 2. The van der Waals surface area contributed by atoms with Crippen molar-refractivity contribution in [1.29, 1.82) is 0 Å². The number of nitrogens with one attached hydrogen (secondary N) is 1. The fourth-order valence-corrected chi connectivity index (χ4v) is 2.03. The number of amides is 1. The van der Waals surface area contributed by atoms with Gasteiger partial charge in [0.1, 0.15) is 17.2 Å². The molecule has 0 aliphatic rings. The van der Waals surface area contributed by atoms with Crippen LogP contribution in [0.5, 0.6) is 0 Å². The minimum Gasteiger partial charge on any atom is -0.449 e. The van der Waals surface area contributed by atoms with Crippen molar-refractivity contribution in [2.24, 2.45) is 0 Å². The molecule has 2 rings (SSSR count). The molecule has 0 aliphatic carbocycles. The number of rotatable bonds is 5. The van der Waals surface area contributed by atoms with E-state index in [0.717, 1.165) is 18.2 Å². The van der Waals surface area contributed by atoms with Gasteiger partial charge in [-0.15, -0.1) is 0 Å². The summed E-state index contributed by atoms with van der Waals surface area (Å²) in [5.41, 5.74) is -0.130. The van der Waals surface area contributed by atoms with Gasteiger partial charge in [-0.05, 0) is 38.1 Å². The standard InChI is InChI=1S/C18H15F2NO4/c1-10(22)12-5-3-6-13(9-12)21-17(23)11(2)25-18(24)16-14(19)7-4-8-15(16)20/h3-9,11H,1-2H3,(H,21,23)/t11-/m1/s1. The molecule has 1 atom stereocenters. The van der Waals surface area contributed by atoms with E-state index < -0.39 is 35.2 Å². The predicted molar refractivity (Wildman–Crippen MR) is 86.3 cm³/mol. The van der Waals surface area contributed by atoms with Crippen molar-refractivity contribution in [2.45, 2.75) is 20.0 Å². The molecule has 2 aromatic rings. The number of ketones is 1. The first-order valence-corrected chi connectivity index (χ1v) is 7.36. The lowest BCUT2D eigenvalue weighted by molar-refractivity contribution is -0.123. The van der Waals surface area contributed by atoms with Gasteiger partial charge in [0, 0.05) is 11.3 Å². The topological polar surface area (TPSA) is 72.5 Å². The van der Waals surface area contributed by atoms with E-state index in [-0.39, 0.29) is 5.78 Å². The third kappa shape index (κ3) is 4.47. The predicted octanol–water partition coefficient (Wildman–Crippen LogP) is 3.35. The first-order valence-electron chi connectivity index (χ1n) is 7.36. The van der Waals surface area contributed by atoms with Crippen molar-refractivity contribution >= 4 is 23.3 Å². The Morgan fingerprint density at radius 3 is 2.24 bits per heavy atom. The number of halogens is 2. The first-order chi connectivity index (χ1) is 11.8. The molecule has 2 aromatic carbocycles. The van der Waals surface area contributed by atoms with Crippen LogP contribution in [-0.4, -0.2) is 23.8 Å². The van der Waals surface area contributed by atoms with Gasteiger partial charge < -0.3 is 10.1 Å². The number of carbonyl (C=O) groups is 3. The van der Waals surface area contributed by atoms with Crippen molar-refractivity contribution in [3.63, 3.8) is 0 Å². The summed E-state index contributed by atoms with van der Waals surface area (Å²) in [5, 5.41) is 2.47. The number of hydrogen-bond acceptors (Lipinski definition) is 4. The molecule has 0 fully saturated rings. The smallest absolute Gasteiger partial charge is 0.344 e. The third-order valence-electron chi connectivity index (χ3n) is 3.36. The van der Waals surface area contributed by atoms with Crippen LogP contribution in [0.3, 0.4) is 0 Å². The number of Topliss-reactive ketones (excluding diaryl/α,β-unsaturated/α-hetero) is 1. The maximum absolute atomic E-state index is 13.5. The van der Waals surface area contributed by atoms with Gasteiger partial charge in [-0.2, -0.15) is 0 Å². The normalized spacial score (nSPS) is 11.5. The number of hydrogen-bond donors (Lipinski definition) is 1. The van der Waals surface area contributed by atoms with E-state index in [1.165, 1.54) is 19.9 Å². The highest BCUT2D eigenvalue weighted by Crippen LogP contribution is 2.16. The van der Waals surface area contributed by atoms with E-state index in [2.05, 4.69) is 5.32 Å². The summed E-state index contributed by atoms with van der Waals surface area (Å²) in [6.07, 6.45) is -1.30. The molecule has 0 unspecified atom stereocenters. The summed E-state index contributed by atoms with van der Waals surface area (Å²) in [6.45, 7) is 2.65. The zero-order valence-electron chi connectivity index (χ0n) is 13.5. The lowest BCUT2D eigenvalue weighted by Crippen LogP contribution is -2.30. The Hall–Kier alpha value is -3.09. The Kier molecular flexibility index (Phi) is 5.59. The monoisotopic (exact) mass is 347 g/mol. The molecule has 0 saturated carbocycles. The quantitative estimate of drug-likeness (QED) is 0.665. The molecule has 7 heteroatoms. The van der Waals surface area contributed by atoms with Gasteiger partial charge in [-0.1, -0.05) is 18.2 Å².